The summed E-state index contributed by atoms with van der Waals surface area (Å²) in [4.78, 5) is 5.07. The molecule has 96 valence electrons. The predicted molar refractivity (Wildman–Crippen MR) is 73.3 cm³/mol. The van der Waals surface area contributed by atoms with Gasteiger partial charge in [0.1, 0.15) is 12.2 Å². The lowest BCUT2D eigenvalue weighted by atomic mass is 9.80. The third-order valence-corrected chi connectivity index (χ3v) is 4.94. The van der Waals surface area contributed by atoms with E-state index in [-0.39, 0.29) is 0 Å². The van der Waals surface area contributed by atoms with E-state index in [9.17, 15) is 0 Å². The maximum absolute atomic E-state index is 4.42. The van der Waals surface area contributed by atoms with Gasteiger partial charge in [-0.15, -0.1) is 0 Å². The quantitative estimate of drug-likeness (QED) is 0.799. The molecule has 17 heavy (non-hydrogen) atoms. The Kier molecular flexibility index (Phi) is 4.23. The van der Waals surface area contributed by atoms with Crippen molar-refractivity contribution in [3.63, 3.8) is 0 Å². The molecule has 0 radical (unpaired) electrons. The van der Waals surface area contributed by atoms with Crippen molar-refractivity contribution >= 4 is 15.9 Å². The fourth-order valence-electron chi connectivity index (χ4n) is 2.76. The van der Waals surface area contributed by atoms with E-state index in [4.69, 9.17) is 0 Å². The molecule has 0 aliphatic heterocycles. The Labute approximate surface area is 112 Å². The number of nitrogens with zero attached hydrogens (tertiary/aromatic N) is 3. The van der Waals surface area contributed by atoms with Crippen LogP contribution in [0, 0.1) is 11.8 Å². The van der Waals surface area contributed by atoms with Crippen molar-refractivity contribution in [1.82, 2.24) is 14.8 Å². The highest BCUT2D eigenvalue weighted by molar-refractivity contribution is 9.09. The second-order valence-corrected chi connectivity index (χ2v) is 6.79. The zero-order chi connectivity index (χ0) is 12.4. The average Bonchev–Trinajstić information content (AvgIpc) is 2.71. The van der Waals surface area contributed by atoms with Crippen molar-refractivity contribution in [2.24, 2.45) is 11.8 Å². The Morgan fingerprint density at radius 2 is 2.24 bits per heavy atom. The third kappa shape index (κ3) is 3.09. The van der Waals surface area contributed by atoms with Gasteiger partial charge >= 0.3 is 0 Å². The van der Waals surface area contributed by atoms with Crippen LogP contribution in [0.15, 0.2) is 6.33 Å². The maximum Gasteiger partial charge on any atom is 0.138 e. The Morgan fingerprint density at radius 1 is 1.47 bits per heavy atom. The zero-order valence-electron chi connectivity index (χ0n) is 10.9. The molecule has 1 heterocycles. The van der Waals surface area contributed by atoms with E-state index in [1.165, 1.54) is 19.3 Å². The van der Waals surface area contributed by atoms with Crippen LogP contribution in [-0.2, 0) is 6.42 Å². The van der Waals surface area contributed by atoms with Gasteiger partial charge in [-0.2, -0.15) is 5.10 Å². The molecule has 0 saturated heterocycles. The highest BCUT2D eigenvalue weighted by Crippen LogP contribution is 2.35. The van der Waals surface area contributed by atoms with E-state index < -0.39 is 0 Å². The molecular weight excluding hydrogens is 278 g/mol. The van der Waals surface area contributed by atoms with Gasteiger partial charge in [-0.1, -0.05) is 22.9 Å². The summed E-state index contributed by atoms with van der Waals surface area (Å²) in [5.41, 5.74) is 0. The van der Waals surface area contributed by atoms with Crippen molar-refractivity contribution in [1.29, 1.82) is 0 Å². The van der Waals surface area contributed by atoms with Crippen LogP contribution in [0.3, 0.4) is 0 Å². The summed E-state index contributed by atoms with van der Waals surface area (Å²) in [6.07, 6.45) is 6.69. The van der Waals surface area contributed by atoms with Crippen LogP contribution >= 0.6 is 15.9 Å². The van der Waals surface area contributed by atoms with Crippen molar-refractivity contribution in [3.05, 3.63) is 12.2 Å². The SMILES string of the molecule is CC1CCC(Br)C(Cc2ncnn2C(C)C)C1. The summed E-state index contributed by atoms with van der Waals surface area (Å²) in [7, 11) is 0. The maximum atomic E-state index is 4.42. The van der Waals surface area contributed by atoms with Crippen LogP contribution < -0.4 is 0 Å². The first-order valence-corrected chi connectivity index (χ1v) is 7.52. The molecule has 1 saturated carbocycles. The summed E-state index contributed by atoms with van der Waals surface area (Å²) in [5.74, 6) is 2.70. The lowest BCUT2D eigenvalue weighted by Crippen LogP contribution is -2.27. The molecule has 1 aliphatic carbocycles. The van der Waals surface area contributed by atoms with Crippen LogP contribution in [0.5, 0.6) is 0 Å². The van der Waals surface area contributed by atoms with E-state index in [0.717, 1.165) is 18.2 Å². The second-order valence-electron chi connectivity index (χ2n) is 5.61. The monoisotopic (exact) mass is 299 g/mol. The molecule has 3 unspecified atom stereocenters. The van der Waals surface area contributed by atoms with E-state index in [0.29, 0.717) is 16.8 Å². The average molecular weight is 300 g/mol. The van der Waals surface area contributed by atoms with Crippen molar-refractivity contribution < 1.29 is 0 Å². The van der Waals surface area contributed by atoms with E-state index in [1.807, 2.05) is 0 Å². The second kappa shape index (κ2) is 5.51. The highest BCUT2D eigenvalue weighted by atomic mass is 79.9. The van der Waals surface area contributed by atoms with E-state index >= 15 is 0 Å². The molecule has 3 nitrogen and oxygen atoms in total. The topological polar surface area (TPSA) is 30.7 Å². The van der Waals surface area contributed by atoms with Gasteiger partial charge in [0.05, 0.1) is 0 Å². The third-order valence-electron chi connectivity index (χ3n) is 3.73. The van der Waals surface area contributed by atoms with Crippen molar-refractivity contribution in [2.45, 2.75) is 57.3 Å². The number of hydrogen-bond donors (Lipinski definition) is 0. The first kappa shape index (κ1) is 13.1. The molecule has 1 aliphatic rings. The Hall–Kier alpha value is -0.380. The molecule has 0 amide bonds. The molecule has 1 aromatic rings. The molecule has 0 aromatic carbocycles. The van der Waals surface area contributed by atoms with E-state index in [1.54, 1.807) is 6.33 Å². The largest absolute Gasteiger partial charge is 0.248 e. The van der Waals surface area contributed by atoms with Crippen molar-refractivity contribution in [3.8, 4) is 0 Å². The van der Waals surface area contributed by atoms with Crippen LogP contribution in [0.1, 0.15) is 51.9 Å². The van der Waals surface area contributed by atoms with Gasteiger partial charge < -0.3 is 0 Å². The standard InChI is InChI=1S/C13H22BrN3/c1-9(2)17-13(15-8-16-17)7-11-6-10(3)4-5-12(11)14/h8-12H,4-7H2,1-3H3. The van der Waals surface area contributed by atoms with Crippen LogP contribution in [0.25, 0.3) is 0 Å². The lowest BCUT2D eigenvalue weighted by Gasteiger charge is -2.31. The molecule has 2 rings (SSSR count). The molecule has 3 atom stereocenters. The summed E-state index contributed by atoms with van der Waals surface area (Å²) in [5, 5.41) is 4.32. The number of aromatic nitrogens is 3. The van der Waals surface area contributed by atoms with Gasteiger partial charge in [-0.25, -0.2) is 9.67 Å². The molecule has 0 spiro atoms. The van der Waals surface area contributed by atoms with Gasteiger partial charge in [0.15, 0.2) is 0 Å². The predicted octanol–water partition coefficient (Wildman–Crippen LogP) is 3.60. The molecule has 0 N–H and O–H groups in total. The molecule has 4 heteroatoms. The minimum absolute atomic E-state index is 0.405. The number of rotatable bonds is 3. The lowest BCUT2D eigenvalue weighted by molar-refractivity contribution is 0.286. The Bertz CT molecular complexity index is 361. The Morgan fingerprint density at radius 3 is 2.94 bits per heavy atom. The fraction of sp³-hybridized carbons (Fsp3) is 0.846. The van der Waals surface area contributed by atoms with Gasteiger partial charge in [0, 0.05) is 17.3 Å². The van der Waals surface area contributed by atoms with Gasteiger partial charge in [-0.05, 0) is 44.9 Å². The summed E-state index contributed by atoms with van der Waals surface area (Å²) >= 11 is 3.83. The number of hydrogen-bond acceptors (Lipinski definition) is 2. The van der Waals surface area contributed by atoms with Crippen LogP contribution in [0.2, 0.25) is 0 Å². The molecule has 1 aromatic heterocycles. The fourth-order valence-corrected chi connectivity index (χ4v) is 3.43. The smallest absolute Gasteiger partial charge is 0.138 e. The zero-order valence-corrected chi connectivity index (χ0v) is 12.5. The highest BCUT2D eigenvalue weighted by Gasteiger charge is 2.28. The Balaban J connectivity index is 2.06. The van der Waals surface area contributed by atoms with Crippen LogP contribution in [0.4, 0.5) is 0 Å². The van der Waals surface area contributed by atoms with Gasteiger partial charge in [0.2, 0.25) is 0 Å². The molecular formula is C13H22BrN3. The minimum Gasteiger partial charge on any atom is -0.248 e. The van der Waals surface area contributed by atoms with E-state index in [2.05, 4.69) is 51.5 Å². The number of alkyl halides is 1. The summed E-state index contributed by atoms with van der Waals surface area (Å²) in [6, 6.07) is 0.405. The van der Waals surface area contributed by atoms with Gasteiger partial charge in [-0.3, -0.25) is 0 Å². The van der Waals surface area contributed by atoms with Crippen molar-refractivity contribution in [2.75, 3.05) is 0 Å². The normalized spacial score (nSPS) is 29.8. The summed E-state index contributed by atoms with van der Waals surface area (Å²) < 4.78 is 2.05. The molecule has 0 bridgehead atoms. The molecule has 1 fully saturated rings. The number of halogens is 1. The van der Waals surface area contributed by atoms with Crippen LogP contribution in [-0.4, -0.2) is 19.6 Å². The summed E-state index contributed by atoms with van der Waals surface area (Å²) in [6.45, 7) is 6.68. The first-order valence-electron chi connectivity index (χ1n) is 6.60. The minimum atomic E-state index is 0.405. The van der Waals surface area contributed by atoms with Gasteiger partial charge in [0.25, 0.3) is 0 Å². The first-order chi connectivity index (χ1) is 8.08.